The molecule has 0 saturated carbocycles. The Kier molecular flexibility index (Phi) is 6.66. The second-order valence-corrected chi connectivity index (χ2v) is 3.57. The van der Waals surface area contributed by atoms with Crippen molar-refractivity contribution in [2.45, 2.75) is 18.4 Å². The molecule has 1 unspecified atom stereocenters. The van der Waals surface area contributed by atoms with E-state index in [2.05, 4.69) is 23.1 Å². The summed E-state index contributed by atoms with van der Waals surface area (Å²) in [4.78, 5) is 32.5. The quantitative estimate of drug-likeness (QED) is 0.337. The Balaban J connectivity index is 4.54. The number of nitrogens with two attached hydrogens (primary N) is 1. The van der Waals surface area contributed by atoms with Gasteiger partial charge < -0.3 is 16.2 Å². The minimum atomic E-state index is -1.53. The highest BCUT2D eigenvalue weighted by atomic mass is 32.1. The molecule has 0 saturated heterocycles. The SMILES string of the molecule is NCCCC(CS)(N=O)C(=O)NCC(=O)O. The van der Waals surface area contributed by atoms with Crippen LogP contribution in [0.25, 0.3) is 0 Å². The third-order valence-corrected chi connectivity index (χ3v) is 2.58. The predicted molar refractivity (Wildman–Crippen MR) is 61.3 cm³/mol. The molecule has 0 aromatic carbocycles. The van der Waals surface area contributed by atoms with E-state index in [9.17, 15) is 14.5 Å². The van der Waals surface area contributed by atoms with Crippen LogP contribution in [0.15, 0.2) is 5.18 Å². The Labute approximate surface area is 98.2 Å². The van der Waals surface area contributed by atoms with Crippen LogP contribution in [-0.4, -0.2) is 41.4 Å². The molecule has 0 rings (SSSR count). The maximum Gasteiger partial charge on any atom is 0.322 e. The summed E-state index contributed by atoms with van der Waals surface area (Å²) < 4.78 is 0. The molecular weight excluding hydrogens is 234 g/mol. The van der Waals surface area contributed by atoms with Gasteiger partial charge in [-0.25, -0.2) is 0 Å². The van der Waals surface area contributed by atoms with Crippen LogP contribution in [0.3, 0.4) is 0 Å². The van der Waals surface area contributed by atoms with Gasteiger partial charge in [0.15, 0.2) is 5.54 Å². The van der Waals surface area contributed by atoms with Gasteiger partial charge in [0.05, 0.1) is 0 Å². The van der Waals surface area contributed by atoms with Crippen molar-refractivity contribution in [3.8, 4) is 0 Å². The number of aliphatic carboxylic acids is 1. The zero-order chi connectivity index (χ0) is 12.6. The second kappa shape index (κ2) is 7.18. The van der Waals surface area contributed by atoms with Crippen LogP contribution < -0.4 is 11.1 Å². The molecule has 0 heterocycles. The van der Waals surface area contributed by atoms with E-state index >= 15 is 0 Å². The van der Waals surface area contributed by atoms with Gasteiger partial charge in [0, 0.05) is 5.75 Å². The van der Waals surface area contributed by atoms with Crippen LogP contribution in [0.1, 0.15) is 12.8 Å². The van der Waals surface area contributed by atoms with E-state index in [1.807, 2.05) is 0 Å². The van der Waals surface area contributed by atoms with Crippen molar-refractivity contribution < 1.29 is 14.7 Å². The Bertz CT molecular complexity index is 274. The molecule has 0 bridgehead atoms. The molecule has 0 aliphatic rings. The summed E-state index contributed by atoms with van der Waals surface area (Å²) >= 11 is 3.90. The molecule has 7 nitrogen and oxygen atoms in total. The third-order valence-electron chi connectivity index (χ3n) is 2.05. The zero-order valence-corrected chi connectivity index (χ0v) is 9.57. The molecule has 1 amide bonds. The van der Waals surface area contributed by atoms with Gasteiger partial charge in [-0.15, -0.1) is 4.91 Å². The number of rotatable bonds is 8. The molecule has 16 heavy (non-hydrogen) atoms. The van der Waals surface area contributed by atoms with E-state index in [1.54, 1.807) is 0 Å². The average Bonchev–Trinajstić information content (AvgIpc) is 2.28. The van der Waals surface area contributed by atoms with Crippen LogP contribution in [0.5, 0.6) is 0 Å². The van der Waals surface area contributed by atoms with Crippen molar-refractivity contribution in [1.82, 2.24) is 5.32 Å². The minimum absolute atomic E-state index is 0.0814. The molecule has 0 aromatic rings. The molecular formula is C8H15N3O4S. The fraction of sp³-hybridized carbons (Fsp3) is 0.750. The second-order valence-electron chi connectivity index (χ2n) is 3.25. The van der Waals surface area contributed by atoms with Crippen molar-refractivity contribution in [3.05, 3.63) is 4.91 Å². The number of amides is 1. The van der Waals surface area contributed by atoms with E-state index in [0.29, 0.717) is 13.0 Å². The first-order chi connectivity index (χ1) is 7.52. The summed E-state index contributed by atoms with van der Waals surface area (Å²) in [6.07, 6.45) is 0.592. The molecule has 0 aromatic heterocycles. The van der Waals surface area contributed by atoms with Gasteiger partial charge in [0.1, 0.15) is 6.54 Å². The Morgan fingerprint density at radius 3 is 2.50 bits per heavy atom. The predicted octanol–water partition coefficient (Wildman–Crippen LogP) is -0.639. The van der Waals surface area contributed by atoms with Gasteiger partial charge in [0.2, 0.25) is 0 Å². The first-order valence-electron chi connectivity index (χ1n) is 4.68. The number of nitrogens with one attached hydrogen (secondary N) is 1. The molecule has 1 atom stereocenters. The van der Waals surface area contributed by atoms with E-state index in [-0.39, 0.29) is 12.2 Å². The van der Waals surface area contributed by atoms with Gasteiger partial charge in [-0.3, -0.25) is 9.59 Å². The largest absolute Gasteiger partial charge is 0.480 e. The molecule has 0 fully saturated rings. The van der Waals surface area contributed by atoms with E-state index in [4.69, 9.17) is 10.8 Å². The van der Waals surface area contributed by atoms with Crippen molar-refractivity contribution in [2.75, 3.05) is 18.8 Å². The van der Waals surface area contributed by atoms with Gasteiger partial charge in [-0.05, 0) is 19.4 Å². The number of carboxylic acid groups (broad SMARTS) is 1. The Hall–Kier alpha value is -1.15. The molecule has 0 aliphatic heterocycles. The van der Waals surface area contributed by atoms with Crippen molar-refractivity contribution in [3.63, 3.8) is 0 Å². The Morgan fingerprint density at radius 2 is 2.12 bits per heavy atom. The minimum Gasteiger partial charge on any atom is -0.480 e. The van der Waals surface area contributed by atoms with Crippen LogP contribution in [0.4, 0.5) is 0 Å². The monoisotopic (exact) mass is 249 g/mol. The lowest BCUT2D eigenvalue weighted by Gasteiger charge is -2.22. The van der Waals surface area contributed by atoms with Gasteiger partial charge >= 0.3 is 5.97 Å². The molecule has 0 spiro atoms. The van der Waals surface area contributed by atoms with Crippen molar-refractivity contribution in [2.24, 2.45) is 10.9 Å². The molecule has 0 aliphatic carbocycles. The van der Waals surface area contributed by atoms with E-state index in [0.717, 1.165) is 0 Å². The number of nitroso groups, excluding NO2 is 1. The molecule has 8 heteroatoms. The summed E-state index contributed by atoms with van der Waals surface area (Å²) in [6.45, 7) is -0.232. The fourth-order valence-electron chi connectivity index (χ4n) is 1.10. The highest BCUT2D eigenvalue weighted by Gasteiger charge is 2.38. The van der Waals surface area contributed by atoms with Crippen LogP contribution in [0.2, 0.25) is 0 Å². The van der Waals surface area contributed by atoms with Crippen molar-refractivity contribution >= 4 is 24.5 Å². The summed E-state index contributed by atoms with van der Waals surface area (Å²) in [5.74, 6) is -2.00. The Morgan fingerprint density at radius 1 is 1.50 bits per heavy atom. The van der Waals surface area contributed by atoms with Crippen LogP contribution in [0, 0.1) is 4.91 Å². The number of nitrogens with zero attached hydrogens (tertiary/aromatic N) is 1. The van der Waals surface area contributed by atoms with Gasteiger partial charge in [-0.2, -0.15) is 12.6 Å². The number of carboxylic acids is 1. The number of carbonyl (C=O) groups excluding carboxylic acids is 1. The van der Waals surface area contributed by atoms with Crippen LogP contribution >= 0.6 is 12.6 Å². The van der Waals surface area contributed by atoms with E-state index < -0.39 is 24.0 Å². The topological polar surface area (TPSA) is 122 Å². The summed E-state index contributed by atoms with van der Waals surface area (Å²) in [6, 6.07) is 0. The molecule has 0 radical (unpaired) electrons. The maximum absolute atomic E-state index is 11.6. The first-order valence-corrected chi connectivity index (χ1v) is 5.31. The lowest BCUT2D eigenvalue weighted by molar-refractivity contribution is -0.138. The zero-order valence-electron chi connectivity index (χ0n) is 8.68. The first kappa shape index (κ1) is 14.8. The normalized spacial score (nSPS) is 13.9. The number of carbonyl (C=O) groups is 2. The third kappa shape index (κ3) is 4.15. The summed E-state index contributed by atoms with van der Waals surface area (Å²) in [5.41, 5.74) is 3.74. The number of hydrogen-bond donors (Lipinski definition) is 4. The van der Waals surface area contributed by atoms with Gasteiger partial charge in [-0.1, -0.05) is 5.18 Å². The smallest absolute Gasteiger partial charge is 0.322 e. The molecule has 92 valence electrons. The molecule has 4 N–H and O–H groups in total. The van der Waals surface area contributed by atoms with E-state index in [1.165, 1.54) is 0 Å². The van der Waals surface area contributed by atoms with Crippen molar-refractivity contribution in [1.29, 1.82) is 0 Å². The lowest BCUT2D eigenvalue weighted by atomic mass is 9.95. The van der Waals surface area contributed by atoms with Crippen LogP contribution in [-0.2, 0) is 9.59 Å². The fourth-order valence-corrected chi connectivity index (χ4v) is 1.45. The maximum atomic E-state index is 11.6. The number of hydrogen-bond acceptors (Lipinski definition) is 6. The average molecular weight is 249 g/mol. The number of thiol groups is 1. The lowest BCUT2D eigenvalue weighted by Crippen LogP contribution is -2.48. The standard InChI is InChI=1S/C8H15N3O4S/c9-3-1-2-8(5-16,11-15)7(14)10-4-6(12)13/h16H,1-5,9H2,(H,10,14)(H,12,13). The van der Waals surface area contributed by atoms with Gasteiger partial charge in [0.25, 0.3) is 5.91 Å². The highest BCUT2D eigenvalue weighted by Crippen LogP contribution is 2.20. The summed E-state index contributed by atoms with van der Waals surface area (Å²) in [5, 5.41) is 13.3. The summed E-state index contributed by atoms with van der Waals surface area (Å²) in [7, 11) is 0. The highest BCUT2D eigenvalue weighted by molar-refractivity contribution is 7.80.